The van der Waals surface area contributed by atoms with Gasteiger partial charge in [-0.15, -0.1) is 0 Å². The number of nitrogens with one attached hydrogen (secondary N) is 1. The Hall–Kier alpha value is -4.65. The fourth-order valence-corrected chi connectivity index (χ4v) is 3.84. The first kappa shape index (κ1) is 21.2. The standard InChI is InChI=1S/C27H20FN5O/c1-16-13-19(6-10-23(16)28)25-21(3-2-12-30-25)18-7-11-24-22(14-18)27(32-15-31-24)33-20-8-4-17(5-9-20)26(29)34/h2-15H,1H3,(H2,29,34)(H,31,32,33). The molecule has 0 spiro atoms. The van der Waals surface area contributed by atoms with E-state index in [1.165, 1.54) is 12.4 Å². The summed E-state index contributed by atoms with van der Waals surface area (Å²) >= 11 is 0. The van der Waals surface area contributed by atoms with Crippen LogP contribution in [0.4, 0.5) is 15.9 Å². The van der Waals surface area contributed by atoms with Crippen molar-refractivity contribution < 1.29 is 9.18 Å². The summed E-state index contributed by atoms with van der Waals surface area (Å²) in [6.45, 7) is 1.74. The number of hydrogen-bond donors (Lipinski definition) is 2. The molecule has 3 N–H and O–H groups in total. The molecule has 5 aromatic rings. The molecule has 166 valence electrons. The molecule has 0 aliphatic heterocycles. The van der Waals surface area contributed by atoms with E-state index >= 15 is 0 Å². The van der Waals surface area contributed by atoms with Crippen molar-refractivity contribution in [3.05, 3.63) is 102 Å². The van der Waals surface area contributed by atoms with Crippen LogP contribution in [0.25, 0.3) is 33.3 Å². The summed E-state index contributed by atoms with van der Waals surface area (Å²) in [4.78, 5) is 24.7. The topological polar surface area (TPSA) is 93.8 Å². The summed E-state index contributed by atoms with van der Waals surface area (Å²) in [7, 11) is 0. The number of pyridine rings is 1. The van der Waals surface area contributed by atoms with Crippen LogP contribution in [0.2, 0.25) is 0 Å². The minimum absolute atomic E-state index is 0.247. The van der Waals surface area contributed by atoms with Gasteiger partial charge in [0.1, 0.15) is 18.0 Å². The second kappa shape index (κ2) is 8.71. The zero-order valence-electron chi connectivity index (χ0n) is 18.3. The van der Waals surface area contributed by atoms with Gasteiger partial charge >= 0.3 is 0 Å². The van der Waals surface area contributed by atoms with Crippen molar-refractivity contribution in [3.63, 3.8) is 0 Å². The Balaban J connectivity index is 1.58. The molecule has 0 fully saturated rings. The summed E-state index contributed by atoms with van der Waals surface area (Å²) in [6, 6.07) is 21.6. The number of halogens is 1. The second-order valence-electron chi connectivity index (χ2n) is 7.88. The van der Waals surface area contributed by atoms with E-state index in [9.17, 15) is 9.18 Å². The van der Waals surface area contributed by atoms with Gasteiger partial charge in [0, 0.05) is 34.0 Å². The second-order valence-corrected chi connectivity index (χ2v) is 7.88. The molecule has 6 nitrogen and oxygen atoms in total. The van der Waals surface area contributed by atoms with Crippen LogP contribution in [-0.4, -0.2) is 20.9 Å². The first-order valence-electron chi connectivity index (χ1n) is 10.6. The monoisotopic (exact) mass is 449 g/mol. The Kier molecular flexibility index (Phi) is 5.43. The number of anilines is 2. The minimum atomic E-state index is -0.479. The van der Waals surface area contributed by atoms with Crippen LogP contribution in [0.15, 0.2) is 85.3 Å². The van der Waals surface area contributed by atoms with Gasteiger partial charge in [0.25, 0.3) is 0 Å². The van der Waals surface area contributed by atoms with Crippen molar-refractivity contribution >= 4 is 28.3 Å². The maximum absolute atomic E-state index is 13.8. The fourth-order valence-electron chi connectivity index (χ4n) is 3.84. The lowest BCUT2D eigenvalue weighted by atomic mass is 9.97. The van der Waals surface area contributed by atoms with E-state index in [0.717, 1.165) is 39.0 Å². The van der Waals surface area contributed by atoms with Crippen LogP contribution in [-0.2, 0) is 0 Å². The number of nitrogens with two attached hydrogens (primary N) is 1. The highest BCUT2D eigenvalue weighted by molar-refractivity contribution is 5.96. The van der Waals surface area contributed by atoms with Gasteiger partial charge in [0.05, 0.1) is 11.2 Å². The lowest BCUT2D eigenvalue weighted by molar-refractivity contribution is 0.100. The van der Waals surface area contributed by atoms with Gasteiger partial charge in [0.15, 0.2) is 0 Å². The molecule has 0 unspecified atom stereocenters. The zero-order chi connectivity index (χ0) is 23.7. The number of aryl methyl sites for hydroxylation is 1. The largest absolute Gasteiger partial charge is 0.366 e. The van der Waals surface area contributed by atoms with Crippen LogP contribution in [0.3, 0.4) is 0 Å². The maximum atomic E-state index is 13.8. The maximum Gasteiger partial charge on any atom is 0.248 e. The van der Waals surface area contributed by atoms with E-state index < -0.39 is 5.91 Å². The van der Waals surface area contributed by atoms with Gasteiger partial charge in [-0.05, 0) is 78.7 Å². The summed E-state index contributed by atoms with van der Waals surface area (Å²) in [5.74, 6) is -0.0993. The molecule has 3 aromatic carbocycles. The average Bonchev–Trinajstić information content (AvgIpc) is 2.86. The first-order valence-corrected chi connectivity index (χ1v) is 10.6. The number of primary amides is 1. The Morgan fingerprint density at radius 3 is 2.47 bits per heavy atom. The highest BCUT2D eigenvalue weighted by Gasteiger charge is 2.13. The average molecular weight is 449 g/mol. The molecule has 2 heterocycles. The summed E-state index contributed by atoms with van der Waals surface area (Å²) in [5.41, 5.74) is 11.3. The lowest BCUT2D eigenvalue weighted by Crippen LogP contribution is -2.10. The number of nitrogens with zero attached hydrogens (tertiary/aromatic N) is 3. The van der Waals surface area contributed by atoms with Crippen molar-refractivity contribution in [1.82, 2.24) is 15.0 Å². The lowest BCUT2D eigenvalue weighted by Gasteiger charge is -2.12. The van der Waals surface area contributed by atoms with Gasteiger partial charge in [-0.1, -0.05) is 12.1 Å². The fraction of sp³-hybridized carbons (Fsp3) is 0.0370. The highest BCUT2D eigenvalue weighted by Crippen LogP contribution is 2.34. The van der Waals surface area contributed by atoms with Crippen LogP contribution in [0.1, 0.15) is 15.9 Å². The van der Waals surface area contributed by atoms with Crippen LogP contribution in [0, 0.1) is 12.7 Å². The highest BCUT2D eigenvalue weighted by atomic mass is 19.1. The van der Waals surface area contributed by atoms with E-state index in [4.69, 9.17) is 5.73 Å². The number of carbonyl (C=O) groups excluding carboxylic acids is 1. The first-order chi connectivity index (χ1) is 16.5. The Morgan fingerprint density at radius 1 is 0.912 bits per heavy atom. The summed E-state index contributed by atoms with van der Waals surface area (Å²) in [5, 5.41) is 4.11. The van der Waals surface area contributed by atoms with E-state index in [2.05, 4.69) is 20.3 Å². The molecule has 7 heteroatoms. The van der Waals surface area contributed by atoms with Gasteiger partial charge in [0.2, 0.25) is 5.91 Å². The third-order valence-corrected chi connectivity index (χ3v) is 5.62. The third-order valence-electron chi connectivity index (χ3n) is 5.62. The van der Waals surface area contributed by atoms with Crippen molar-refractivity contribution in [1.29, 1.82) is 0 Å². The summed E-state index contributed by atoms with van der Waals surface area (Å²) in [6.07, 6.45) is 3.23. The molecule has 0 aliphatic carbocycles. The molecule has 0 saturated heterocycles. The Bertz CT molecular complexity index is 1530. The molecule has 2 aromatic heterocycles. The van der Waals surface area contributed by atoms with Crippen molar-refractivity contribution in [2.75, 3.05) is 5.32 Å². The molecule has 0 aliphatic rings. The third kappa shape index (κ3) is 4.06. The molecule has 0 atom stereocenters. The number of aromatic nitrogens is 3. The number of rotatable bonds is 5. The zero-order valence-corrected chi connectivity index (χ0v) is 18.3. The minimum Gasteiger partial charge on any atom is -0.366 e. The number of fused-ring (bicyclic) bond motifs is 1. The van der Waals surface area contributed by atoms with E-state index in [0.29, 0.717) is 16.9 Å². The van der Waals surface area contributed by atoms with Gasteiger partial charge in [-0.25, -0.2) is 14.4 Å². The van der Waals surface area contributed by atoms with E-state index in [1.54, 1.807) is 49.5 Å². The predicted molar refractivity (Wildman–Crippen MR) is 131 cm³/mol. The number of benzene rings is 3. The smallest absolute Gasteiger partial charge is 0.248 e. The Labute approximate surface area is 195 Å². The number of amides is 1. The van der Waals surface area contributed by atoms with Crippen molar-refractivity contribution in [3.8, 4) is 22.4 Å². The van der Waals surface area contributed by atoms with Gasteiger partial charge in [-0.2, -0.15) is 0 Å². The van der Waals surface area contributed by atoms with E-state index in [-0.39, 0.29) is 5.82 Å². The summed E-state index contributed by atoms with van der Waals surface area (Å²) < 4.78 is 13.8. The molecular weight excluding hydrogens is 429 g/mol. The molecule has 5 rings (SSSR count). The molecule has 0 bridgehead atoms. The SMILES string of the molecule is Cc1cc(-c2ncccc2-c2ccc3ncnc(Nc4ccc(C(N)=O)cc4)c3c2)ccc1F. The molecule has 0 saturated carbocycles. The van der Waals surface area contributed by atoms with Crippen LogP contribution < -0.4 is 11.1 Å². The molecule has 1 amide bonds. The van der Waals surface area contributed by atoms with Gasteiger partial charge < -0.3 is 11.1 Å². The quantitative estimate of drug-likeness (QED) is 0.362. The molecular formula is C27H20FN5O. The van der Waals surface area contributed by atoms with Crippen molar-refractivity contribution in [2.45, 2.75) is 6.92 Å². The van der Waals surface area contributed by atoms with Gasteiger partial charge in [-0.3, -0.25) is 9.78 Å². The normalized spacial score (nSPS) is 10.9. The van der Waals surface area contributed by atoms with Crippen molar-refractivity contribution in [2.24, 2.45) is 5.73 Å². The predicted octanol–water partition coefficient (Wildman–Crippen LogP) is 5.65. The van der Waals surface area contributed by atoms with Crippen LogP contribution in [0.5, 0.6) is 0 Å². The molecule has 0 radical (unpaired) electrons. The van der Waals surface area contributed by atoms with Crippen LogP contribution >= 0.6 is 0 Å². The Morgan fingerprint density at radius 2 is 1.71 bits per heavy atom. The van der Waals surface area contributed by atoms with E-state index in [1.807, 2.05) is 30.3 Å². The molecule has 34 heavy (non-hydrogen) atoms. The number of carbonyl (C=O) groups is 1. The number of hydrogen-bond acceptors (Lipinski definition) is 5.